The first-order valence-corrected chi connectivity index (χ1v) is 4.45. The highest BCUT2D eigenvalue weighted by molar-refractivity contribution is 7.74. The predicted octanol–water partition coefficient (Wildman–Crippen LogP) is -2.76. The molecule has 0 aromatic carbocycles. The molecule has 5 atom stereocenters. The van der Waals surface area contributed by atoms with E-state index in [0.717, 1.165) is 0 Å². The summed E-state index contributed by atoms with van der Waals surface area (Å²) in [5, 5.41) is 26.8. The molecule has 1 unspecified atom stereocenters. The van der Waals surface area contributed by atoms with Crippen molar-refractivity contribution in [1.29, 1.82) is 0 Å². The summed E-state index contributed by atoms with van der Waals surface area (Å²) in [6, 6.07) is 0. The van der Waals surface area contributed by atoms with Gasteiger partial charge < -0.3 is 24.6 Å². The Bertz CT molecular complexity index is 197. The Labute approximate surface area is 76.4 Å². The molecule has 0 aromatic rings. The minimum Gasteiger partial charge on any atom is -0.750 e. The Balaban J connectivity index is 2.55. The number of hydrogen-bond donors (Lipinski definition) is 3. The van der Waals surface area contributed by atoms with Gasteiger partial charge in [-0.15, -0.1) is 0 Å². The standard InChI is InChI=1S/C5H10O7S/c6-1-2-3(7)4(8)5(11-2)12-13(9)10/h2-8H,1H2,(H,9,10)/p-1/t2-,3-,4-,5+/m1/s1. The molecular formula is C5H9O7S-. The van der Waals surface area contributed by atoms with Crippen LogP contribution in [0.5, 0.6) is 0 Å². The van der Waals surface area contributed by atoms with Crippen LogP contribution in [0.4, 0.5) is 0 Å². The molecule has 0 saturated carbocycles. The second kappa shape index (κ2) is 4.42. The summed E-state index contributed by atoms with van der Waals surface area (Å²) >= 11 is -2.84. The highest BCUT2D eigenvalue weighted by Crippen LogP contribution is 2.22. The van der Waals surface area contributed by atoms with Crippen LogP contribution in [0.25, 0.3) is 0 Å². The van der Waals surface area contributed by atoms with E-state index in [2.05, 4.69) is 8.92 Å². The van der Waals surface area contributed by atoms with Crippen LogP contribution in [0.3, 0.4) is 0 Å². The lowest BCUT2D eigenvalue weighted by Gasteiger charge is -2.15. The summed E-state index contributed by atoms with van der Waals surface area (Å²) in [5.41, 5.74) is 0. The summed E-state index contributed by atoms with van der Waals surface area (Å²) in [6.45, 7) is -0.524. The zero-order valence-corrected chi connectivity index (χ0v) is 7.22. The zero-order valence-electron chi connectivity index (χ0n) is 6.40. The molecule has 8 heteroatoms. The Morgan fingerprint density at radius 2 is 2.08 bits per heavy atom. The third kappa shape index (κ3) is 2.44. The van der Waals surface area contributed by atoms with Crippen molar-refractivity contribution >= 4 is 11.4 Å². The van der Waals surface area contributed by atoms with Crippen molar-refractivity contribution in [3.63, 3.8) is 0 Å². The molecule has 0 radical (unpaired) electrons. The normalized spacial score (nSPS) is 42.2. The second-order valence-corrected chi connectivity index (χ2v) is 3.11. The van der Waals surface area contributed by atoms with Gasteiger partial charge in [0.15, 0.2) is 0 Å². The van der Waals surface area contributed by atoms with Gasteiger partial charge in [-0.25, -0.2) is 4.21 Å². The fourth-order valence-corrected chi connectivity index (χ4v) is 1.34. The molecule has 1 fully saturated rings. The van der Waals surface area contributed by atoms with E-state index in [1.807, 2.05) is 0 Å². The molecule has 13 heavy (non-hydrogen) atoms. The topological polar surface area (TPSA) is 119 Å². The largest absolute Gasteiger partial charge is 0.750 e. The van der Waals surface area contributed by atoms with E-state index in [-0.39, 0.29) is 0 Å². The lowest BCUT2D eigenvalue weighted by molar-refractivity contribution is -0.114. The maximum atomic E-state index is 10.0. The van der Waals surface area contributed by atoms with E-state index in [9.17, 15) is 8.76 Å². The van der Waals surface area contributed by atoms with E-state index in [4.69, 9.17) is 15.3 Å². The quantitative estimate of drug-likeness (QED) is 0.434. The van der Waals surface area contributed by atoms with Gasteiger partial charge in [-0.2, -0.15) is 0 Å². The Morgan fingerprint density at radius 1 is 1.46 bits per heavy atom. The summed E-state index contributed by atoms with van der Waals surface area (Å²) in [6.07, 6.45) is -5.30. The smallest absolute Gasteiger partial charge is 0.201 e. The van der Waals surface area contributed by atoms with Gasteiger partial charge in [-0.05, 0) is 0 Å². The fraction of sp³-hybridized carbons (Fsp3) is 1.00. The molecule has 1 aliphatic rings. The highest BCUT2D eigenvalue weighted by atomic mass is 32.2. The van der Waals surface area contributed by atoms with Crippen molar-refractivity contribution in [1.82, 2.24) is 0 Å². The third-order valence-corrected chi connectivity index (χ3v) is 2.02. The summed E-state index contributed by atoms with van der Waals surface area (Å²) < 4.78 is 28.9. The van der Waals surface area contributed by atoms with Crippen LogP contribution >= 0.6 is 0 Å². The van der Waals surface area contributed by atoms with Crippen molar-refractivity contribution in [2.45, 2.75) is 24.6 Å². The average Bonchev–Trinajstić information content (AvgIpc) is 2.32. The molecule has 0 amide bonds. The van der Waals surface area contributed by atoms with Crippen molar-refractivity contribution in [2.24, 2.45) is 0 Å². The Hall–Kier alpha value is -0.0900. The van der Waals surface area contributed by atoms with Crippen LogP contribution in [-0.2, 0) is 20.3 Å². The van der Waals surface area contributed by atoms with E-state index < -0.39 is 42.6 Å². The first kappa shape index (κ1) is 11.0. The Kier molecular flexibility index (Phi) is 3.74. The molecule has 7 nitrogen and oxygen atoms in total. The maximum absolute atomic E-state index is 10.0. The number of aliphatic hydroxyl groups is 3. The monoisotopic (exact) mass is 213 g/mol. The van der Waals surface area contributed by atoms with Gasteiger partial charge in [0.25, 0.3) is 0 Å². The average molecular weight is 213 g/mol. The number of ether oxygens (including phenoxy) is 1. The molecular weight excluding hydrogens is 204 g/mol. The van der Waals surface area contributed by atoms with Gasteiger partial charge in [0.2, 0.25) is 6.29 Å². The van der Waals surface area contributed by atoms with Gasteiger partial charge in [-0.1, -0.05) is 0 Å². The highest BCUT2D eigenvalue weighted by Gasteiger charge is 2.43. The predicted molar refractivity (Wildman–Crippen MR) is 37.8 cm³/mol. The molecule has 1 heterocycles. The molecule has 3 N–H and O–H groups in total. The molecule has 1 rings (SSSR count). The summed E-state index contributed by atoms with van der Waals surface area (Å²) in [7, 11) is 0. The first-order valence-electron chi connectivity index (χ1n) is 3.45. The van der Waals surface area contributed by atoms with E-state index in [1.165, 1.54) is 0 Å². The number of rotatable bonds is 3. The zero-order chi connectivity index (χ0) is 10.0. The molecule has 1 aliphatic heterocycles. The minimum atomic E-state index is -2.84. The van der Waals surface area contributed by atoms with Gasteiger partial charge in [0.1, 0.15) is 18.3 Å². The molecule has 78 valence electrons. The van der Waals surface area contributed by atoms with Gasteiger partial charge >= 0.3 is 0 Å². The van der Waals surface area contributed by atoms with Crippen LogP contribution in [0.1, 0.15) is 0 Å². The Morgan fingerprint density at radius 3 is 2.46 bits per heavy atom. The van der Waals surface area contributed by atoms with E-state index >= 15 is 0 Å². The maximum Gasteiger partial charge on any atom is 0.201 e. The molecule has 0 bridgehead atoms. The molecule has 0 spiro atoms. The van der Waals surface area contributed by atoms with Gasteiger partial charge in [-0.3, -0.25) is 4.18 Å². The molecule has 1 saturated heterocycles. The van der Waals surface area contributed by atoms with Crippen LogP contribution in [0.2, 0.25) is 0 Å². The number of aliphatic hydroxyl groups excluding tert-OH is 3. The minimum absolute atomic E-state index is 0.524. The molecule has 0 aliphatic carbocycles. The fourth-order valence-electron chi connectivity index (χ4n) is 1.02. The van der Waals surface area contributed by atoms with Crippen molar-refractivity contribution in [3.05, 3.63) is 0 Å². The lowest BCUT2D eigenvalue weighted by Crippen LogP contribution is -2.34. The van der Waals surface area contributed by atoms with Crippen LogP contribution in [0.15, 0.2) is 0 Å². The summed E-state index contributed by atoms with van der Waals surface area (Å²) in [5.74, 6) is 0. The summed E-state index contributed by atoms with van der Waals surface area (Å²) in [4.78, 5) is 0. The van der Waals surface area contributed by atoms with Crippen molar-refractivity contribution < 1.29 is 33.0 Å². The van der Waals surface area contributed by atoms with Crippen LogP contribution in [0, 0.1) is 0 Å². The van der Waals surface area contributed by atoms with Crippen molar-refractivity contribution in [2.75, 3.05) is 6.61 Å². The van der Waals surface area contributed by atoms with E-state index in [1.54, 1.807) is 0 Å². The van der Waals surface area contributed by atoms with Crippen LogP contribution in [-0.4, -0.2) is 55.3 Å². The third-order valence-electron chi connectivity index (χ3n) is 1.67. The SMILES string of the molecule is O=S([O-])O[C@@H]1O[C@H](CO)[C@@H](O)[C@H]1O. The van der Waals surface area contributed by atoms with Gasteiger partial charge in [0, 0.05) is 0 Å². The van der Waals surface area contributed by atoms with Gasteiger partial charge in [0.05, 0.1) is 18.0 Å². The number of hydrogen-bond acceptors (Lipinski definition) is 7. The molecule has 0 aromatic heterocycles. The van der Waals surface area contributed by atoms with Crippen molar-refractivity contribution in [3.8, 4) is 0 Å². The second-order valence-electron chi connectivity index (χ2n) is 2.51. The van der Waals surface area contributed by atoms with Crippen LogP contribution < -0.4 is 0 Å². The first-order chi connectivity index (χ1) is 6.06. The lowest BCUT2D eigenvalue weighted by atomic mass is 10.1. The van der Waals surface area contributed by atoms with E-state index in [0.29, 0.717) is 0 Å².